The molecule has 0 amide bonds. The Balaban J connectivity index is 2.99. The van der Waals surface area contributed by atoms with Gasteiger partial charge in [-0.3, -0.25) is 0 Å². The first kappa shape index (κ1) is 15.9. The van der Waals surface area contributed by atoms with Gasteiger partial charge in [0.25, 0.3) is 0 Å². The summed E-state index contributed by atoms with van der Waals surface area (Å²) in [7, 11) is 0. The highest BCUT2D eigenvalue weighted by molar-refractivity contribution is 8.03. The molecule has 0 saturated carbocycles. The molecule has 3 N–H and O–H groups in total. The molecule has 0 rings (SSSR count). The zero-order valence-electron chi connectivity index (χ0n) is 8.72. The molecule has 0 aromatic carbocycles. The molecule has 15 heavy (non-hydrogen) atoms. The van der Waals surface area contributed by atoms with Crippen molar-refractivity contribution >= 4 is 35.6 Å². The van der Waals surface area contributed by atoms with Crippen LogP contribution >= 0.6 is 35.6 Å². The summed E-state index contributed by atoms with van der Waals surface area (Å²) < 4.78 is 4.97. The van der Waals surface area contributed by atoms with Crippen molar-refractivity contribution in [2.75, 3.05) is 36.2 Å². The summed E-state index contributed by atoms with van der Waals surface area (Å²) >= 11 is 4.14. The molecule has 0 saturated heterocycles. The molecule has 0 unspecified atom stereocenters. The largest absolute Gasteiger partial charge is 0.396 e. The highest BCUT2D eigenvalue weighted by Gasteiger charge is 2.16. The van der Waals surface area contributed by atoms with E-state index >= 15 is 0 Å². The fourth-order valence-electron chi connectivity index (χ4n) is 0.633. The van der Waals surface area contributed by atoms with E-state index in [4.69, 9.17) is 19.5 Å². The van der Waals surface area contributed by atoms with Crippen LogP contribution in [0.3, 0.4) is 0 Å². The van der Waals surface area contributed by atoms with Crippen LogP contribution in [-0.4, -0.2) is 56.7 Å². The Morgan fingerprint density at radius 1 is 1.07 bits per heavy atom. The first-order chi connectivity index (χ1) is 7.06. The molecule has 0 bridgehead atoms. The summed E-state index contributed by atoms with van der Waals surface area (Å²) in [6.07, 6.45) is 0. The standard InChI is InChI=1S/C8H18O4S3/c1-8(10,11)15-12-3-5-14-7-6-13-4-2-9/h9-11H,2-7H2,1H3. The number of aliphatic hydroxyl groups excluding tert-OH is 1. The van der Waals surface area contributed by atoms with Gasteiger partial charge in [-0.1, -0.05) is 0 Å². The van der Waals surface area contributed by atoms with Crippen LogP contribution in [0.1, 0.15) is 6.92 Å². The molecular weight excluding hydrogens is 256 g/mol. The van der Waals surface area contributed by atoms with Crippen molar-refractivity contribution in [2.45, 2.75) is 12.0 Å². The van der Waals surface area contributed by atoms with Crippen LogP contribution in [0.5, 0.6) is 0 Å². The highest BCUT2D eigenvalue weighted by Crippen LogP contribution is 2.19. The van der Waals surface area contributed by atoms with Crippen LogP contribution in [0.15, 0.2) is 0 Å². The first-order valence-corrected chi connectivity index (χ1v) is 7.63. The Kier molecular flexibility index (Phi) is 10.7. The summed E-state index contributed by atoms with van der Waals surface area (Å²) in [6.45, 7) is 1.99. The lowest BCUT2D eigenvalue weighted by Gasteiger charge is -2.13. The predicted molar refractivity (Wildman–Crippen MR) is 68.1 cm³/mol. The minimum atomic E-state index is -1.80. The van der Waals surface area contributed by atoms with Crippen molar-refractivity contribution in [2.24, 2.45) is 0 Å². The molecule has 7 heteroatoms. The van der Waals surface area contributed by atoms with E-state index < -0.39 is 5.12 Å². The lowest BCUT2D eigenvalue weighted by molar-refractivity contribution is -0.0644. The molecule has 0 radical (unpaired) electrons. The Morgan fingerprint density at radius 3 is 2.20 bits per heavy atom. The van der Waals surface area contributed by atoms with E-state index in [1.807, 2.05) is 0 Å². The second-order valence-electron chi connectivity index (χ2n) is 2.79. The molecular formula is C8H18O4S3. The normalized spacial score (nSPS) is 12.0. The van der Waals surface area contributed by atoms with Gasteiger partial charge in [-0.2, -0.15) is 23.5 Å². The molecule has 0 fully saturated rings. The molecule has 0 aliphatic heterocycles. The van der Waals surface area contributed by atoms with E-state index in [2.05, 4.69) is 0 Å². The van der Waals surface area contributed by atoms with Gasteiger partial charge in [0.1, 0.15) is 0 Å². The van der Waals surface area contributed by atoms with Gasteiger partial charge < -0.3 is 19.5 Å². The summed E-state index contributed by atoms with van der Waals surface area (Å²) in [5.74, 6) is 3.67. The molecule has 0 aliphatic carbocycles. The fourth-order valence-corrected chi connectivity index (χ4v) is 2.81. The SMILES string of the molecule is CC(O)(O)SOCCSCCSCCO. The van der Waals surface area contributed by atoms with Crippen molar-refractivity contribution in [3.05, 3.63) is 0 Å². The van der Waals surface area contributed by atoms with Crippen molar-refractivity contribution in [1.82, 2.24) is 0 Å². The number of aliphatic hydroxyl groups is 3. The lowest BCUT2D eigenvalue weighted by Crippen LogP contribution is -2.18. The molecule has 0 spiro atoms. The van der Waals surface area contributed by atoms with Crippen molar-refractivity contribution < 1.29 is 19.5 Å². The molecule has 0 aromatic heterocycles. The van der Waals surface area contributed by atoms with E-state index in [-0.39, 0.29) is 6.61 Å². The van der Waals surface area contributed by atoms with E-state index in [9.17, 15) is 0 Å². The summed E-state index contributed by atoms with van der Waals surface area (Å²) in [5, 5.41) is 24.5. The van der Waals surface area contributed by atoms with Gasteiger partial charge in [0.2, 0.25) is 5.12 Å². The Bertz CT molecular complexity index is 140. The van der Waals surface area contributed by atoms with Gasteiger partial charge in [-0.25, -0.2) is 0 Å². The minimum absolute atomic E-state index is 0.237. The third kappa shape index (κ3) is 14.9. The maximum absolute atomic E-state index is 8.88. The zero-order chi connectivity index (χ0) is 11.6. The van der Waals surface area contributed by atoms with E-state index in [0.717, 1.165) is 23.0 Å². The topological polar surface area (TPSA) is 69.9 Å². The van der Waals surface area contributed by atoms with Crippen molar-refractivity contribution in [3.8, 4) is 0 Å². The number of hydrogen-bond acceptors (Lipinski definition) is 7. The van der Waals surface area contributed by atoms with Crippen LogP contribution in [0.4, 0.5) is 0 Å². The van der Waals surface area contributed by atoms with Crippen LogP contribution < -0.4 is 0 Å². The molecule has 0 aliphatic rings. The molecule has 0 aromatic rings. The van der Waals surface area contributed by atoms with Crippen LogP contribution in [0.2, 0.25) is 0 Å². The smallest absolute Gasteiger partial charge is 0.235 e. The van der Waals surface area contributed by atoms with E-state index in [0.29, 0.717) is 18.6 Å². The fraction of sp³-hybridized carbons (Fsp3) is 1.00. The lowest BCUT2D eigenvalue weighted by atomic mass is 10.8. The predicted octanol–water partition coefficient (Wildman–Crippen LogP) is 0.768. The van der Waals surface area contributed by atoms with Crippen LogP contribution in [-0.2, 0) is 4.18 Å². The van der Waals surface area contributed by atoms with Gasteiger partial charge in [0.05, 0.1) is 25.3 Å². The molecule has 0 atom stereocenters. The van der Waals surface area contributed by atoms with Gasteiger partial charge in [0, 0.05) is 29.9 Å². The zero-order valence-corrected chi connectivity index (χ0v) is 11.2. The monoisotopic (exact) mass is 274 g/mol. The van der Waals surface area contributed by atoms with E-state index in [1.54, 1.807) is 23.5 Å². The Hall–Kier alpha value is 0.890. The van der Waals surface area contributed by atoms with Gasteiger partial charge in [-0.05, 0) is 0 Å². The Labute approximate surface area is 103 Å². The van der Waals surface area contributed by atoms with Gasteiger partial charge in [-0.15, -0.1) is 0 Å². The number of hydrogen-bond donors (Lipinski definition) is 3. The molecule has 0 heterocycles. The summed E-state index contributed by atoms with van der Waals surface area (Å²) in [6, 6.07) is 0. The molecule has 4 nitrogen and oxygen atoms in total. The summed E-state index contributed by atoms with van der Waals surface area (Å²) in [5.41, 5.74) is 0. The van der Waals surface area contributed by atoms with Crippen molar-refractivity contribution in [1.29, 1.82) is 0 Å². The first-order valence-electron chi connectivity index (χ1n) is 4.58. The third-order valence-electron chi connectivity index (χ3n) is 1.14. The maximum Gasteiger partial charge on any atom is 0.235 e. The Morgan fingerprint density at radius 2 is 1.67 bits per heavy atom. The van der Waals surface area contributed by atoms with Crippen LogP contribution in [0, 0.1) is 0 Å². The second kappa shape index (κ2) is 10.1. The number of rotatable bonds is 10. The van der Waals surface area contributed by atoms with E-state index in [1.165, 1.54) is 6.92 Å². The third-order valence-corrected chi connectivity index (χ3v) is 3.91. The molecule has 92 valence electrons. The van der Waals surface area contributed by atoms with Gasteiger partial charge >= 0.3 is 0 Å². The average molecular weight is 274 g/mol. The van der Waals surface area contributed by atoms with Gasteiger partial charge in [0.15, 0.2) is 0 Å². The minimum Gasteiger partial charge on any atom is -0.396 e. The average Bonchev–Trinajstić information content (AvgIpc) is 2.14. The second-order valence-corrected chi connectivity index (χ2v) is 6.41. The highest BCUT2D eigenvalue weighted by atomic mass is 32.2. The summed E-state index contributed by atoms with van der Waals surface area (Å²) in [4.78, 5) is 0. The maximum atomic E-state index is 8.88. The van der Waals surface area contributed by atoms with Crippen LogP contribution in [0.25, 0.3) is 0 Å². The van der Waals surface area contributed by atoms with Crippen molar-refractivity contribution in [3.63, 3.8) is 0 Å². The number of thioether (sulfide) groups is 2. The quantitative estimate of drug-likeness (QED) is 0.309.